The molecule has 1 heterocycles. The number of carbonyl (C=O) groups is 3. The van der Waals surface area contributed by atoms with Crippen LogP contribution < -0.4 is 15.0 Å². The molecular weight excluding hydrogens is 408 g/mol. The van der Waals surface area contributed by atoms with Crippen LogP contribution in [0.5, 0.6) is 5.75 Å². The molecule has 3 rings (SSSR count). The first-order valence-corrected chi connectivity index (χ1v) is 9.84. The number of hydrogen-bond acceptors (Lipinski definition) is 5. The lowest BCUT2D eigenvalue weighted by Crippen LogP contribution is -2.29. The van der Waals surface area contributed by atoms with E-state index in [4.69, 9.17) is 21.1 Å². The maximum atomic E-state index is 12.5. The second-order valence-electron chi connectivity index (χ2n) is 7.15. The second kappa shape index (κ2) is 9.17. The van der Waals surface area contributed by atoms with Crippen LogP contribution in [0.2, 0.25) is 5.02 Å². The van der Waals surface area contributed by atoms with Gasteiger partial charge >= 0.3 is 5.97 Å². The van der Waals surface area contributed by atoms with E-state index < -0.39 is 24.4 Å². The Labute approximate surface area is 179 Å². The second-order valence-corrected chi connectivity index (χ2v) is 7.58. The number of nitrogens with zero attached hydrogens (tertiary/aromatic N) is 1. The predicted molar refractivity (Wildman–Crippen MR) is 114 cm³/mol. The third-order valence-corrected chi connectivity index (χ3v) is 5.18. The highest BCUT2D eigenvalue weighted by molar-refractivity contribution is 6.31. The average molecular weight is 431 g/mol. The monoisotopic (exact) mass is 430 g/mol. The van der Waals surface area contributed by atoms with Crippen molar-refractivity contribution in [2.24, 2.45) is 5.92 Å². The summed E-state index contributed by atoms with van der Waals surface area (Å²) in [6.45, 7) is 3.61. The Morgan fingerprint density at radius 3 is 2.57 bits per heavy atom. The number of ether oxygens (including phenoxy) is 2. The van der Waals surface area contributed by atoms with Crippen LogP contribution in [-0.4, -0.2) is 38.0 Å². The Kier molecular flexibility index (Phi) is 6.62. The zero-order chi connectivity index (χ0) is 21.8. The van der Waals surface area contributed by atoms with Gasteiger partial charge in [-0.2, -0.15) is 0 Å². The molecule has 0 radical (unpaired) electrons. The largest absolute Gasteiger partial charge is 0.495 e. The van der Waals surface area contributed by atoms with Gasteiger partial charge < -0.3 is 19.7 Å². The molecule has 8 heteroatoms. The van der Waals surface area contributed by atoms with Crippen molar-refractivity contribution < 1.29 is 23.9 Å². The van der Waals surface area contributed by atoms with E-state index in [1.807, 2.05) is 32.0 Å². The molecule has 2 amide bonds. The zero-order valence-corrected chi connectivity index (χ0v) is 17.8. The Balaban J connectivity index is 1.59. The van der Waals surface area contributed by atoms with Crippen molar-refractivity contribution in [3.63, 3.8) is 0 Å². The van der Waals surface area contributed by atoms with Gasteiger partial charge in [0.2, 0.25) is 5.91 Å². The number of para-hydroxylation sites is 1. The maximum Gasteiger partial charge on any atom is 0.311 e. The molecule has 7 nitrogen and oxygen atoms in total. The van der Waals surface area contributed by atoms with Gasteiger partial charge in [0, 0.05) is 23.7 Å². The molecule has 0 bridgehead atoms. The van der Waals surface area contributed by atoms with Gasteiger partial charge in [0.25, 0.3) is 5.91 Å². The first kappa shape index (κ1) is 21.6. The summed E-state index contributed by atoms with van der Waals surface area (Å²) in [5.74, 6) is -1.43. The number of carbonyl (C=O) groups excluding carboxylic acids is 3. The number of anilines is 2. The fourth-order valence-electron chi connectivity index (χ4n) is 3.53. The summed E-state index contributed by atoms with van der Waals surface area (Å²) in [5, 5.41) is 3.03. The van der Waals surface area contributed by atoms with Crippen molar-refractivity contribution in [2.45, 2.75) is 20.3 Å². The fourth-order valence-corrected chi connectivity index (χ4v) is 3.70. The molecule has 2 aromatic rings. The molecule has 1 aliphatic rings. The number of methoxy groups -OCH3 is 1. The van der Waals surface area contributed by atoms with Gasteiger partial charge in [-0.05, 0) is 43.2 Å². The third kappa shape index (κ3) is 4.74. The topological polar surface area (TPSA) is 84.9 Å². The molecule has 1 N–H and O–H groups in total. The van der Waals surface area contributed by atoms with E-state index in [1.165, 1.54) is 13.2 Å². The van der Waals surface area contributed by atoms with Crippen molar-refractivity contribution in [1.82, 2.24) is 0 Å². The number of nitrogens with one attached hydrogen (secondary N) is 1. The van der Waals surface area contributed by atoms with E-state index >= 15 is 0 Å². The van der Waals surface area contributed by atoms with Crippen LogP contribution in [0, 0.1) is 19.8 Å². The van der Waals surface area contributed by atoms with Crippen LogP contribution in [0.4, 0.5) is 11.4 Å². The van der Waals surface area contributed by atoms with Crippen molar-refractivity contribution in [2.75, 3.05) is 30.5 Å². The summed E-state index contributed by atoms with van der Waals surface area (Å²) in [4.78, 5) is 38.7. The molecule has 1 atom stereocenters. The third-order valence-electron chi connectivity index (χ3n) is 4.95. The number of halogens is 1. The average Bonchev–Trinajstić information content (AvgIpc) is 3.08. The van der Waals surface area contributed by atoms with Crippen LogP contribution in [0.3, 0.4) is 0 Å². The van der Waals surface area contributed by atoms with Crippen LogP contribution in [0.1, 0.15) is 17.5 Å². The minimum Gasteiger partial charge on any atom is -0.495 e. The molecule has 2 aromatic carbocycles. The normalized spacial score (nSPS) is 15.8. The molecule has 1 fully saturated rings. The minimum absolute atomic E-state index is 0.0519. The first-order chi connectivity index (χ1) is 14.3. The van der Waals surface area contributed by atoms with Crippen molar-refractivity contribution in [1.29, 1.82) is 0 Å². The molecule has 0 aliphatic carbocycles. The maximum absolute atomic E-state index is 12.5. The van der Waals surface area contributed by atoms with Crippen molar-refractivity contribution in [3.05, 3.63) is 52.5 Å². The minimum atomic E-state index is -0.620. The first-order valence-electron chi connectivity index (χ1n) is 9.46. The van der Waals surface area contributed by atoms with Gasteiger partial charge in [-0.3, -0.25) is 14.4 Å². The van der Waals surface area contributed by atoms with Crippen LogP contribution in [0.25, 0.3) is 0 Å². The molecule has 30 heavy (non-hydrogen) atoms. The quantitative estimate of drug-likeness (QED) is 0.709. The molecule has 1 aliphatic heterocycles. The molecular formula is C22H23ClN2O5. The molecule has 1 saturated heterocycles. The Hall–Kier alpha value is -3.06. The van der Waals surface area contributed by atoms with Gasteiger partial charge in [-0.15, -0.1) is 0 Å². The number of esters is 1. The lowest BCUT2D eigenvalue weighted by atomic mass is 10.1. The number of amides is 2. The van der Waals surface area contributed by atoms with E-state index in [2.05, 4.69) is 5.32 Å². The summed E-state index contributed by atoms with van der Waals surface area (Å²) in [6.07, 6.45) is 0.0519. The van der Waals surface area contributed by atoms with E-state index in [0.29, 0.717) is 16.5 Å². The molecule has 0 spiro atoms. The van der Waals surface area contributed by atoms with Crippen molar-refractivity contribution >= 4 is 40.8 Å². The number of aryl methyl sites for hydroxylation is 2. The SMILES string of the molecule is COc1ccc(Cl)cc1NC(=O)COC(=O)[C@H]1CC(=O)N(c2c(C)cccc2C)C1. The van der Waals surface area contributed by atoms with Gasteiger partial charge in [0.15, 0.2) is 6.61 Å². The Bertz CT molecular complexity index is 971. The molecule has 0 aromatic heterocycles. The summed E-state index contributed by atoms with van der Waals surface area (Å²) in [5.41, 5.74) is 3.13. The molecule has 0 saturated carbocycles. The van der Waals surface area contributed by atoms with Crippen LogP contribution in [0.15, 0.2) is 36.4 Å². The summed E-state index contributed by atoms with van der Waals surface area (Å²) < 4.78 is 10.3. The Morgan fingerprint density at radius 2 is 1.90 bits per heavy atom. The van der Waals surface area contributed by atoms with Crippen molar-refractivity contribution in [3.8, 4) is 5.75 Å². The van der Waals surface area contributed by atoms with Gasteiger partial charge in [0.05, 0.1) is 18.7 Å². The summed E-state index contributed by atoms with van der Waals surface area (Å²) >= 11 is 5.94. The Morgan fingerprint density at radius 1 is 1.20 bits per heavy atom. The highest BCUT2D eigenvalue weighted by Gasteiger charge is 2.37. The van der Waals surface area contributed by atoms with Crippen LogP contribution in [-0.2, 0) is 19.1 Å². The smallest absolute Gasteiger partial charge is 0.311 e. The number of hydrogen-bond donors (Lipinski definition) is 1. The predicted octanol–water partition coefficient (Wildman–Crippen LogP) is 3.50. The van der Waals surface area contributed by atoms with E-state index in [1.54, 1.807) is 17.0 Å². The van der Waals surface area contributed by atoms with Gasteiger partial charge in [-0.1, -0.05) is 29.8 Å². The molecule has 0 unspecified atom stereocenters. The lowest BCUT2D eigenvalue weighted by molar-refractivity contribution is -0.151. The lowest BCUT2D eigenvalue weighted by Gasteiger charge is -2.21. The van der Waals surface area contributed by atoms with Crippen LogP contribution >= 0.6 is 11.6 Å². The van der Waals surface area contributed by atoms with E-state index in [9.17, 15) is 14.4 Å². The zero-order valence-electron chi connectivity index (χ0n) is 17.0. The number of benzene rings is 2. The summed E-state index contributed by atoms with van der Waals surface area (Å²) in [7, 11) is 1.47. The highest BCUT2D eigenvalue weighted by atomic mass is 35.5. The summed E-state index contributed by atoms with van der Waals surface area (Å²) in [6, 6.07) is 10.6. The van der Waals surface area contributed by atoms with Gasteiger partial charge in [-0.25, -0.2) is 0 Å². The van der Waals surface area contributed by atoms with E-state index in [0.717, 1.165) is 16.8 Å². The van der Waals surface area contributed by atoms with Gasteiger partial charge in [0.1, 0.15) is 5.75 Å². The fraction of sp³-hybridized carbons (Fsp3) is 0.318. The number of rotatable bonds is 6. The van der Waals surface area contributed by atoms with E-state index in [-0.39, 0.29) is 18.9 Å². The highest BCUT2D eigenvalue weighted by Crippen LogP contribution is 2.31. The standard InChI is InChI=1S/C22H23ClN2O5/c1-13-5-4-6-14(2)21(13)25-11-15(9-20(25)27)22(28)30-12-19(26)24-17-10-16(23)7-8-18(17)29-3/h4-8,10,15H,9,11-12H2,1-3H3,(H,24,26)/t15-/m0/s1. The molecule has 158 valence electrons.